The smallest absolute Gasteiger partial charge is 0.306 e. The summed E-state index contributed by atoms with van der Waals surface area (Å²) in [6.07, 6.45) is 70.6. The van der Waals surface area contributed by atoms with Crippen LogP contribution in [-0.4, -0.2) is 37.2 Å². The monoisotopic (exact) mass is 901 g/mol. The van der Waals surface area contributed by atoms with Crippen LogP contribution in [0.5, 0.6) is 0 Å². The molecular formula is C59H96O6. The van der Waals surface area contributed by atoms with E-state index in [-0.39, 0.29) is 31.1 Å². The maximum absolute atomic E-state index is 12.8. The molecule has 0 aliphatic rings. The lowest BCUT2D eigenvalue weighted by Crippen LogP contribution is -2.30. The van der Waals surface area contributed by atoms with Gasteiger partial charge in [0.15, 0.2) is 6.10 Å². The first-order valence-corrected chi connectivity index (χ1v) is 26.5. The summed E-state index contributed by atoms with van der Waals surface area (Å²) in [5.41, 5.74) is 0. The van der Waals surface area contributed by atoms with Gasteiger partial charge >= 0.3 is 17.9 Å². The van der Waals surface area contributed by atoms with E-state index in [1.165, 1.54) is 64.2 Å². The molecule has 6 nitrogen and oxygen atoms in total. The van der Waals surface area contributed by atoms with Crippen LogP contribution in [-0.2, 0) is 28.6 Å². The maximum atomic E-state index is 12.8. The first-order chi connectivity index (χ1) is 32.0. The Bertz CT molecular complexity index is 1360. The molecule has 0 fully saturated rings. The van der Waals surface area contributed by atoms with Gasteiger partial charge in [-0.25, -0.2) is 0 Å². The van der Waals surface area contributed by atoms with Gasteiger partial charge < -0.3 is 14.2 Å². The average Bonchev–Trinajstić information content (AvgIpc) is 3.30. The van der Waals surface area contributed by atoms with E-state index in [1.54, 1.807) is 0 Å². The van der Waals surface area contributed by atoms with Gasteiger partial charge in [0, 0.05) is 19.3 Å². The Morgan fingerprint density at radius 1 is 0.338 bits per heavy atom. The molecule has 0 radical (unpaired) electrons. The highest BCUT2D eigenvalue weighted by molar-refractivity contribution is 5.71. The molecule has 368 valence electrons. The highest BCUT2D eigenvalue weighted by Gasteiger charge is 2.19. The summed E-state index contributed by atoms with van der Waals surface area (Å²) in [5.74, 6) is -0.938. The first kappa shape index (κ1) is 61.1. The number of allylic oxidation sites excluding steroid dienone is 18. The van der Waals surface area contributed by atoms with Gasteiger partial charge in [-0.05, 0) is 77.0 Å². The van der Waals surface area contributed by atoms with E-state index in [4.69, 9.17) is 14.2 Å². The van der Waals surface area contributed by atoms with Crippen molar-refractivity contribution in [1.82, 2.24) is 0 Å². The molecule has 0 aliphatic carbocycles. The van der Waals surface area contributed by atoms with Crippen LogP contribution < -0.4 is 0 Å². The molecule has 0 saturated carbocycles. The van der Waals surface area contributed by atoms with Crippen LogP contribution in [0.4, 0.5) is 0 Å². The maximum Gasteiger partial charge on any atom is 0.306 e. The molecule has 0 N–H and O–H groups in total. The van der Waals surface area contributed by atoms with Crippen LogP contribution in [0.15, 0.2) is 109 Å². The van der Waals surface area contributed by atoms with Crippen molar-refractivity contribution in [3.05, 3.63) is 109 Å². The molecule has 65 heavy (non-hydrogen) atoms. The molecule has 0 aromatic heterocycles. The molecule has 0 saturated heterocycles. The molecule has 0 aliphatic heterocycles. The number of hydrogen-bond acceptors (Lipinski definition) is 6. The van der Waals surface area contributed by atoms with Gasteiger partial charge in [0.05, 0.1) is 0 Å². The van der Waals surface area contributed by atoms with Crippen LogP contribution in [0.3, 0.4) is 0 Å². The van der Waals surface area contributed by atoms with E-state index in [2.05, 4.69) is 106 Å². The summed E-state index contributed by atoms with van der Waals surface area (Å²) >= 11 is 0. The second-order valence-electron chi connectivity index (χ2n) is 17.2. The van der Waals surface area contributed by atoms with Crippen LogP contribution in [0.2, 0.25) is 0 Å². The number of esters is 3. The molecule has 0 amide bonds. The summed E-state index contributed by atoms with van der Waals surface area (Å²) in [6.45, 7) is 6.38. The van der Waals surface area contributed by atoms with Crippen molar-refractivity contribution in [2.45, 2.75) is 232 Å². The zero-order chi connectivity index (χ0) is 47.2. The van der Waals surface area contributed by atoms with Crippen LogP contribution in [0.25, 0.3) is 0 Å². The Hall–Kier alpha value is -3.93. The van der Waals surface area contributed by atoms with E-state index in [9.17, 15) is 14.4 Å². The minimum Gasteiger partial charge on any atom is -0.462 e. The van der Waals surface area contributed by atoms with Gasteiger partial charge in [0.2, 0.25) is 0 Å². The lowest BCUT2D eigenvalue weighted by atomic mass is 10.1. The Morgan fingerprint density at radius 2 is 0.692 bits per heavy atom. The second-order valence-corrected chi connectivity index (χ2v) is 17.2. The van der Waals surface area contributed by atoms with Gasteiger partial charge in [-0.15, -0.1) is 0 Å². The van der Waals surface area contributed by atoms with E-state index >= 15 is 0 Å². The Balaban J connectivity index is 4.44. The molecule has 0 bridgehead atoms. The predicted molar refractivity (Wildman–Crippen MR) is 279 cm³/mol. The molecule has 0 rings (SSSR count). The third-order valence-corrected chi connectivity index (χ3v) is 10.9. The first-order valence-electron chi connectivity index (χ1n) is 26.5. The highest BCUT2D eigenvalue weighted by Crippen LogP contribution is 2.14. The van der Waals surface area contributed by atoms with E-state index in [0.29, 0.717) is 19.3 Å². The fourth-order valence-corrected chi connectivity index (χ4v) is 6.93. The zero-order valence-electron chi connectivity index (χ0n) is 42.0. The largest absolute Gasteiger partial charge is 0.462 e. The zero-order valence-corrected chi connectivity index (χ0v) is 42.0. The number of carbonyl (C=O) groups excluding carboxylic acids is 3. The van der Waals surface area contributed by atoms with Gasteiger partial charge in [0.25, 0.3) is 0 Å². The minimum atomic E-state index is -0.797. The van der Waals surface area contributed by atoms with Gasteiger partial charge in [0.1, 0.15) is 13.2 Å². The summed E-state index contributed by atoms with van der Waals surface area (Å²) < 4.78 is 16.8. The van der Waals surface area contributed by atoms with Crippen molar-refractivity contribution in [1.29, 1.82) is 0 Å². The third-order valence-electron chi connectivity index (χ3n) is 10.9. The number of carbonyl (C=O) groups is 3. The molecule has 1 unspecified atom stereocenters. The van der Waals surface area contributed by atoms with Gasteiger partial charge in [-0.1, -0.05) is 239 Å². The van der Waals surface area contributed by atoms with E-state index in [1.807, 2.05) is 24.3 Å². The predicted octanol–water partition coefficient (Wildman–Crippen LogP) is 17.5. The van der Waals surface area contributed by atoms with Crippen molar-refractivity contribution in [2.24, 2.45) is 0 Å². The van der Waals surface area contributed by atoms with Crippen molar-refractivity contribution in [2.75, 3.05) is 13.2 Å². The normalized spacial score (nSPS) is 13.0. The van der Waals surface area contributed by atoms with Crippen molar-refractivity contribution in [3.8, 4) is 0 Å². The Morgan fingerprint density at radius 3 is 1.14 bits per heavy atom. The molecule has 0 heterocycles. The number of hydrogen-bond donors (Lipinski definition) is 0. The quantitative estimate of drug-likeness (QED) is 0.0199. The number of rotatable bonds is 46. The van der Waals surface area contributed by atoms with Crippen molar-refractivity contribution < 1.29 is 28.6 Å². The molecule has 0 aromatic rings. The van der Waals surface area contributed by atoms with Crippen molar-refractivity contribution in [3.63, 3.8) is 0 Å². The second kappa shape index (κ2) is 52.7. The van der Waals surface area contributed by atoms with Crippen LogP contribution in [0, 0.1) is 0 Å². The molecule has 0 spiro atoms. The fraction of sp³-hybridized carbons (Fsp3) is 0.644. The topological polar surface area (TPSA) is 78.9 Å². The van der Waals surface area contributed by atoms with Crippen LogP contribution in [0.1, 0.15) is 226 Å². The average molecular weight is 901 g/mol. The summed E-state index contributed by atoms with van der Waals surface area (Å²) in [6, 6.07) is 0. The van der Waals surface area contributed by atoms with Crippen molar-refractivity contribution >= 4 is 17.9 Å². The lowest BCUT2D eigenvalue weighted by Gasteiger charge is -2.18. The summed E-state index contributed by atoms with van der Waals surface area (Å²) in [4.78, 5) is 38.0. The molecular weight excluding hydrogens is 805 g/mol. The molecule has 0 aromatic carbocycles. The Labute approximate surface area is 400 Å². The van der Waals surface area contributed by atoms with Gasteiger partial charge in [-0.3, -0.25) is 14.4 Å². The van der Waals surface area contributed by atoms with Gasteiger partial charge in [-0.2, -0.15) is 0 Å². The number of ether oxygens (including phenoxy) is 3. The highest BCUT2D eigenvalue weighted by atomic mass is 16.6. The summed E-state index contributed by atoms with van der Waals surface area (Å²) in [5, 5.41) is 0. The molecule has 6 heteroatoms. The van der Waals surface area contributed by atoms with Crippen LogP contribution >= 0.6 is 0 Å². The molecule has 1 atom stereocenters. The standard InChI is InChI=1S/C59H96O6/c1-4-7-10-13-16-19-22-24-26-28-30-32-33-35-37-40-43-46-49-52-58(61)64-55-56(54-63-57(60)51-48-45-42-39-21-18-15-12-9-6-3)65-59(62)53-50-47-44-41-38-36-34-31-29-27-25-23-20-17-14-11-8-5-2/h7,10-11,14,16-17,19-20,23-27,29-32,34,56H,4-6,8-9,12-13,15,18,21-22,28,33,35-55H2,1-3H3/b10-7-,14-11-,19-16-,20-17-,25-23-,26-24-,29-27-,32-30-,34-31-. The minimum absolute atomic E-state index is 0.0940. The lowest BCUT2D eigenvalue weighted by molar-refractivity contribution is -0.167. The fourth-order valence-electron chi connectivity index (χ4n) is 6.93. The Kier molecular flexibility index (Phi) is 49.5. The van der Waals surface area contributed by atoms with E-state index < -0.39 is 6.10 Å². The summed E-state index contributed by atoms with van der Waals surface area (Å²) in [7, 11) is 0. The van der Waals surface area contributed by atoms with E-state index in [0.717, 1.165) is 122 Å². The SMILES string of the molecule is CC/C=C\C/C=C\C/C=C\C/C=C\CCCCCCCCC(=O)OCC(COC(=O)CCCCCCCCCCCC)OC(=O)CCCCCCC\C=C/C=C\C=C/C=C\C=C/CCC. The number of unbranched alkanes of at least 4 members (excludes halogenated alkanes) is 21. The third kappa shape index (κ3) is 50.9.